The maximum Gasteiger partial charge on any atom is 0.314 e. The number of nitrogens with one attached hydrogen (secondary N) is 2. The minimum absolute atomic E-state index is 0.0897. The van der Waals surface area contributed by atoms with E-state index < -0.39 is 5.97 Å². The Bertz CT molecular complexity index is 306. The molecule has 110 valence electrons. The van der Waals surface area contributed by atoms with Crippen molar-refractivity contribution in [3.63, 3.8) is 0 Å². The highest BCUT2D eigenvalue weighted by molar-refractivity contribution is 5.75. The van der Waals surface area contributed by atoms with Crippen molar-refractivity contribution in [3.05, 3.63) is 0 Å². The van der Waals surface area contributed by atoms with Gasteiger partial charge >= 0.3 is 18.0 Å². The minimum Gasteiger partial charge on any atom is -0.481 e. The van der Waals surface area contributed by atoms with E-state index in [0.29, 0.717) is 19.6 Å². The summed E-state index contributed by atoms with van der Waals surface area (Å²) in [6.45, 7) is 4.52. The Hall–Kier alpha value is -1.79. The molecule has 0 aromatic rings. The molecule has 0 radical (unpaired) electrons. The van der Waals surface area contributed by atoms with Gasteiger partial charge in [-0.05, 0) is 19.3 Å². The fourth-order valence-electron chi connectivity index (χ4n) is 1.31. The third kappa shape index (κ3) is 11.1. The normalized spacial score (nSPS) is 11.5. The summed E-state index contributed by atoms with van der Waals surface area (Å²) in [5.74, 6) is -1.10. The highest BCUT2D eigenvalue weighted by Crippen LogP contribution is 2.03. The summed E-state index contributed by atoms with van der Waals surface area (Å²) >= 11 is 0. The molecule has 0 aliphatic carbocycles. The number of hydrogen-bond acceptors (Lipinski definition) is 4. The topological polar surface area (TPSA) is 105 Å². The van der Waals surface area contributed by atoms with Gasteiger partial charge in [-0.3, -0.25) is 9.59 Å². The van der Waals surface area contributed by atoms with Gasteiger partial charge in [-0.25, -0.2) is 4.79 Å². The van der Waals surface area contributed by atoms with Crippen molar-refractivity contribution in [1.29, 1.82) is 0 Å². The molecule has 0 fully saturated rings. The Kier molecular flexibility index (Phi) is 9.20. The van der Waals surface area contributed by atoms with Crippen LogP contribution in [0.5, 0.6) is 0 Å². The zero-order valence-electron chi connectivity index (χ0n) is 11.4. The van der Waals surface area contributed by atoms with Gasteiger partial charge in [0, 0.05) is 19.5 Å². The Morgan fingerprint density at radius 3 is 2.47 bits per heavy atom. The number of rotatable bonds is 9. The van der Waals surface area contributed by atoms with Gasteiger partial charge in [-0.1, -0.05) is 6.92 Å². The molecule has 0 spiro atoms. The van der Waals surface area contributed by atoms with E-state index in [0.717, 1.165) is 0 Å². The highest BCUT2D eigenvalue weighted by atomic mass is 16.5. The molecule has 0 aromatic carbocycles. The monoisotopic (exact) mass is 274 g/mol. The van der Waals surface area contributed by atoms with Gasteiger partial charge in [0.25, 0.3) is 0 Å². The first-order valence-electron chi connectivity index (χ1n) is 6.34. The first-order valence-corrected chi connectivity index (χ1v) is 6.34. The highest BCUT2D eigenvalue weighted by Gasteiger charge is 2.08. The van der Waals surface area contributed by atoms with Crippen molar-refractivity contribution in [3.8, 4) is 0 Å². The summed E-state index contributed by atoms with van der Waals surface area (Å²) in [5, 5.41) is 13.6. The lowest BCUT2D eigenvalue weighted by atomic mass is 10.1. The third-order valence-electron chi connectivity index (χ3n) is 2.38. The molecule has 7 heteroatoms. The average molecular weight is 274 g/mol. The van der Waals surface area contributed by atoms with E-state index in [1.54, 1.807) is 6.92 Å². The zero-order valence-corrected chi connectivity index (χ0v) is 11.4. The van der Waals surface area contributed by atoms with E-state index in [1.807, 2.05) is 6.92 Å². The van der Waals surface area contributed by atoms with Gasteiger partial charge in [0.1, 0.15) is 0 Å². The van der Waals surface area contributed by atoms with Crippen LogP contribution in [-0.4, -0.2) is 42.8 Å². The molecule has 0 aliphatic rings. The molecule has 0 bridgehead atoms. The summed E-state index contributed by atoms with van der Waals surface area (Å²) in [6, 6.07) is -0.369. The summed E-state index contributed by atoms with van der Waals surface area (Å²) in [6.07, 6.45) is 0.738. The number of hydrogen-bond donors (Lipinski definition) is 3. The zero-order chi connectivity index (χ0) is 14.7. The molecule has 0 aromatic heterocycles. The molecule has 0 heterocycles. The second kappa shape index (κ2) is 10.2. The van der Waals surface area contributed by atoms with Crippen molar-refractivity contribution in [2.45, 2.75) is 33.1 Å². The fourth-order valence-corrected chi connectivity index (χ4v) is 1.31. The van der Waals surface area contributed by atoms with Crippen LogP contribution in [0.3, 0.4) is 0 Å². The molecule has 19 heavy (non-hydrogen) atoms. The van der Waals surface area contributed by atoms with E-state index in [9.17, 15) is 14.4 Å². The number of carbonyl (C=O) groups is 3. The van der Waals surface area contributed by atoms with Gasteiger partial charge in [-0.15, -0.1) is 0 Å². The molecule has 7 nitrogen and oxygen atoms in total. The van der Waals surface area contributed by atoms with Crippen LogP contribution in [0, 0.1) is 5.92 Å². The van der Waals surface area contributed by atoms with Crippen molar-refractivity contribution in [1.82, 2.24) is 10.6 Å². The van der Waals surface area contributed by atoms with Crippen molar-refractivity contribution < 1.29 is 24.2 Å². The Morgan fingerprint density at radius 2 is 1.89 bits per heavy atom. The predicted molar refractivity (Wildman–Crippen MR) is 68.7 cm³/mol. The molecular weight excluding hydrogens is 252 g/mol. The predicted octanol–water partition coefficient (Wildman–Crippen LogP) is 0.740. The van der Waals surface area contributed by atoms with Gasteiger partial charge in [-0.2, -0.15) is 0 Å². The number of ether oxygens (including phenoxy) is 1. The number of aliphatic carboxylic acids is 1. The van der Waals surface area contributed by atoms with Gasteiger partial charge in [0.2, 0.25) is 0 Å². The molecule has 1 unspecified atom stereocenters. The van der Waals surface area contributed by atoms with Crippen LogP contribution < -0.4 is 10.6 Å². The summed E-state index contributed by atoms with van der Waals surface area (Å²) in [4.78, 5) is 32.7. The quantitative estimate of drug-likeness (QED) is 0.538. The SMILES string of the molecule is CCOC(=O)CCNC(=O)NCC(C)CCC(=O)O. The molecule has 0 aliphatic heterocycles. The maximum absolute atomic E-state index is 11.3. The Labute approximate surface area is 112 Å². The lowest BCUT2D eigenvalue weighted by Gasteiger charge is -2.12. The molecule has 0 saturated heterocycles. The van der Waals surface area contributed by atoms with Crippen molar-refractivity contribution in [2.75, 3.05) is 19.7 Å². The number of carboxylic acid groups (broad SMARTS) is 1. The number of esters is 1. The van der Waals surface area contributed by atoms with Crippen molar-refractivity contribution in [2.24, 2.45) is 5.92 Å². The van der Waals surface area contributed by atoms with E-state index in [1.165, 1.54) is 0 Å². The van der Waals surface area contributed by atoms with Crippen LogP contribution >= 0.6 is 0 Å². The fraction of sp³-hybridized carbons (Fsp3) is 0.750. The van der Waals surface area contributed by atoms with Crippen LogP contribution in [0.1, 0.15) is 33.1 Å². The van der Waals surface area contributed by atoms with E-state index in [2.05, 4.69) is 10.6 Å². The first-order chi connectivity index (χ1) is 8.95. The second-order valence-electron chi connectivity index (χ2n) is 4.23. The molecule has 0 rings (SSSR count). The van der Waals surface area contributed by atoms with Crippen LogP contribution in [-0.2, 0) is 14.3 Å². The van der Waals surface area contributed by atoms with Crippen molar-refractivity contribution >= 4 is 18.0 Å². The van der Waals surface area contributed by atoms with E-state index in [4.69, 9.17) is 9.84 Å². The largest absolute Gasteiger partial charge is 0.481 e. The standard InChI is InChI=1S/C12H22N2O5/c1-3-19-11(17)6-7-13-12(18)14-8-9(2)4-5-10(15)16/h9H,3-8H2,1-2H3,(H,15,16)(H2,13,14,18). The molecule has 0 saturated carbocycles. The molecule has 2 amide bonds. The van der Waals surface area contributed by atoms with Crippen LogP contribution in [0.4, 0.5) is 4.79 Å². The smallest absolute Gasteiger partial charge is 0.314 e. The van der Waals surface area contributed by atoms with Gasteiger partial charge in [0.05, 0.1) is 13.0 Å². The van der Waals surface area contributed by atoms with E-state index >= 15 is 0 Å². The third-order valence-corrected chi connectivity index (χ3v) is 2.38. The molecule has 1 atom stereocenters. The summed E-state index contributed by atoms with van der Waals surface area (Å²) < 4.78 is 4.71. The van der Waals surface area contributed by atoms with Gasteiger partial charge < -0.3 is 20.5 Å². The lowest BCUT2D eigenvalue weighted by Crippen LogP contribution is -2.38. The number of carboxylic acids is 1. The maximum atomic E-state index is 11.3. The Balaban J connectivity index is 3.58. The van der Waals surface area contributed by atoms with Crippen LogP contribution in [0.25, 0.3) is 0 Å². The lowest BCUT2D eigenvalue weighted by molar-refractivity contribution is -0.143. The minimum atomic E-state index is -0.842. The first kappa shape index (κ1) is 17.2. The Morgan fingerprint density at radius 1 is 1.21 bits per heavy atom. The average Bonchev–Trinajstić information content (AvgIpc) is 2.34. The molecular formula is C12H22N2O5. The van der Waals surface area contributed by atoms with Crippen LogP contribution in [0.2, 0.25) is 0 Å². The van der Waals surface area contributed by atoms with Crippen LogP contribution in [0.15, 0.2) is 0 Å². The summed E-state index contributed by atoms with van der Waals surface area (Å²) in [7, 11) is 0. The molecule has 3 N–H and O–H groups in total. The second-order valence-corrected chi connectivity index (χ2v) is 4.23. The number of carbonyl (C=O) groups excluding carboxylic acids is 2. The number of urea groups is 1. The summed E-state index contributed by atoms with van der Waals surface area (Å²) in [5.41, 5.74) is 0. The van der Waals surface area contributed by atoms with Gasteiger partial charge in [0.15, 0.2) is 0 Å². The van der Waals surface area contributed by atoms with E-state index in [-0.39, 0.29) is 37.3 Å². The number of amides is 2.